The predicted octanol–water partition coefficient (Wildman–Crippen LogP) is 2.60. The Bertz CT molecular complexity index is 445. The van der Waals surface area contributed by atoms with Crippen molar-refractivity contribution in [2.75, 3.05) is 7.11 Å². The molecular formula is C10H10ClNO4. The Morgan fingerprint density at radius 1 is 1.56 bits per heavy atom. The second kappa shape index (κ2) is 4.94. The van der Waals surface area contributed by atoms with Crippen LogP contribution in [0.1, 0.15) is 22.8 Å². The van der Waals surface area contributed by atoms with Crippen LogP contribution in [0.25, 0.3) is 0 Å². The van der Waals surface area contributed by atoms with Gasteiger partial charge in [0.15, 0.2) is 0 Å². The lowest BCUT2D eigenvalue weighted by Crippen LogP contribution is -2.08. The van der Waals surface area contributed by atoms with E-state index in [2.05, 4.69) is 4.74 Å². The standard InChI is InChI=1S/C10H10ClNO4/c1-3-6-7(10(13)16-2)4-5-8(11)9(6)12(14)15/h4-5H,3H2,1-2H3. The normalized spacial score (nSPS) is 9.94. The van der Waals surface area contributed by atoms with Gasteiger partial charge in [-0.3, -0.25) is 10.1 Å². The number of carbonyl (C=O) groups is 1. The van der Waals surface area contributed by atoms with E-state index in [0.29, 0.717) is 12.0 Å². The summed E-state index contributed by atoms with van der Waals surface area (Å²) in [5, 5.41) is 10.9. The number of hydrogen-bond donors (Lipinski definition) is 0. The van der Waals surface area contributed by atoms with E-state index in [0.717, 1.165) is 0 Å². The summed E-state index contributed by atoms with van der Waals surface area (Å²) in [4.78, 5) is 21.6. The van der Waals surface area contributed by atoms with E-state index >= 15 is 0 Å². The zero-order chi connectivity index (χ0) is 12.3. The number of benzene rings is 1. The molecule has 0 radical (unpaired) electrons. The fraction of sp³-hybridized carbons (Fsp3) is 0.300. The lowest BCUT2D eigenvalue weighted by atomic mass is 10.0. The van der Waals surface area contributed by atoms with Crippen LogP contribution < -0.4 is 0 Å². The van der Waals surface area contributed by atoms with Crippen molar-refractivity contribution in [3.05, 3.63) is 38.4 Å². The lowest BCUT2D eigenvalue weighted by molar-refractivity contribution is -0.385. The van der Waals surface area contributed by atoms with Gasteiger partial charge in [-0.15, -0.1) is 0 Å². The van der Waals surface area contributed by atoms with Crippen molar-refractivity contribution in [3.8, 4) is 0 Å². The van der Waals surface area contributed by atoms with Crippen molar-refractivity contribution in [3.63, 3.8) is 0 Å². The molecule has 6 heteroatoms. The molecule has 0 bridgehead atoms. The van der Waals surface area contributed by atoms with E-state index in [4.69, 9.17) is 11.6 Å². The van der Waals surface area contributed by atoms with Gasteiger partial charge in [0, 0.05) is 5.56 Å². The molecular weight excluding hydrogens is 234 g/mol. The number of nitro benzene ring substituents is 1. The first-order chi connectivity index (χ1) is 7.52. The third-order valence-electron chi connectivity index (χ3n) is 2.17. The molecule has 0 atom stereocenters. The van der Waals surface area contributed by atoms with E-state index in [1.54, 1.807) is 6.92 Å². The van der Waals surface area contributed by atoms with Crippen LogP contribution >= 0.6 is 11.6 Å². The Kier molecular flexibility index (Phi) is 3.84. The molecule has 1 aromatic rings. The fourth-order valence-corrected chi connectivity index (χ4v) is 1.71. The summed E-state index contributed by atoms with van der Waals surface area (Å²) < 4.78 is 4.55. The molecule has 0 heterocycles. The maximum Gasteiger partial charge on any atom is 0.338 e. The topological polar surface area (TPSA) is 69.4 Å². The largest absolute Gasteiger partial charge is 0.465 e. The van der Waals surface area contributed by atoms with Gasteiger partial charge in [-0.2, -0.15) is 0 Å². The first-order valence-electron chi connectivity index (χ1n) is 4.57. The molecule has 0 amide bonds. The summed E-state index contributed by atoms with van der Waals surface area (Å²) in [7, 11) is 1.22. The van der Waals surface area contributed by atoms with Crippen molar-refractivity contribution in [2.45, 2.75) is 13.3 Å². The first kappa shape index (κ1) is 12.4. The van der Waals surface area contributed by atoms with Crippen molar-refractivity contribution in [2.24, 2.45) is 0 Å². The quantitative estimate of drug-likeness (QED) is 0.465. The van der Waals surface area contributed by atoms with Crippen LogP contribution in [0.15, 0.2) is 12.1 Å². The highest BCUT2D eigenvalue weighted by Crippen LogP contribution is 2.31. The Labute approximate surface area is 97.1 Å². The van der Waals surface area contributed by atoms with E-state index < -0.39 is 10.9 Å². The molecule has 0 aliphatic heterocycles. The van der Waals surface area contributed by atoms with E-state index in [-0.39, 0.29) is 16.3 Å². The fourth-order valence-electron chi connectivity index (χ4n) is 1.46. The maximum atomic E-state index is 11.4. The number of methoxy groups -OCH3 is 1. The SMILES string of the molecule is CCc1c(C(=O)OC)ccc(Cl)c1[N+](=O)[O-]. The predicted molar refractivity (Wildman–Crippen MR) is 58.8 cm³/mol. The molecule has 0 saturated heterocycles. The van der Waals surface area contributed by atoms with Gasteiger partial charge in [0.25, 0.3) is 5.69 Å². The van der Waals surface area contributed by atoms with Crippen LogP contribution in [-0.2, 0) is 11.2 Å². The van der Waals surface area contributed by atoms with Gasteiger partial charge in [0.2, 0.25) is 0 Å². The van der Waals surface area contributed by atoms with Crippen molar-refractivity contribution < 1.29 is 14.5 Å². The number of nitrogens with zero attached hydrogens (tertiary/aromatic N) is 1. The van der Waals surface area contributed by atoms with E-state index in [1.807, 2.05) is 0 Å². The maximum absolute atomic E-state index is 11.4. The van der Waals surface area contributed by atoms with E-state index in [9.17, 15) is 14.9 Å². The monoisotopic (exact) mass is 243 g/mol. The average molecular weight is 244 g/mol. The first-order valence-corrected chi connectivity index (χ1v) is 4.94. The van der Waals surface area contributed by atoms with Gasteiger partial charge >= 0.3 is 5.97 Å². The molecule has 5 nitrogen and oxygen atoms in total. The second-order valence-corrected chi connectivity index (χ2v) is 3.43. The van der Waals surface area contributed by atoms with Crippen molar-refractivity contribution in [1.29, 1.82) is 0 Å². The van der Waals surface area contributed by atoms with Gasteiger partial charge in [-0.05, 0) is 18.6 Å². The summed E-state index contributed by atoms with van der Waals surface area (Å²) in [5.74, 6) is -0.600. The Morgan fingerprint density at radius 2 is 2.19 bits per heavy atom. The minimum Gasteiger partial charge on any atom is -0.465 e. The van der Waals surface area contributed by atoms with Gasteiger partial charge in [-0.1, -0.05) is 18.5 Å². The molecule has 86 valence electrons. The number of nitro groups is 1. The summed E-state index contributed by atoms with van der Waals surface area (Å²) >= 11 is 5.73. The van der Waals surface area contributed by atoms with Crippen LogP contribution in [0.5, 0.6) is 0 Å². The Hall–Kier alpha value is -1.62. The third kappa shape index (κ3) is 2.14. The smallest absolute Gasteiger partial charge is 0.338 e. The highest BCUT2D eigenvalue weighted by atomic mass is 35.5. The number of ether oxygens (including phenoxy) is 1. The van der Waals surface area contributed by atoms with Gasteiger partial charge in [0.05, 0.1) is 17.6 Å². The van der Waals surface area contributed by atoms with Crippen molar-refractivity contribution >= 4 is 23.3 Å². The molecule has 0 aliphatic rings. The molecule has 1 aromatic carbocycles. The van der Waals surface area contributed by atoms with Crippen LogP contribution in [-0.4, -0.2) is 18.0 Å². The third-order valence-corrected chi connectivity index (χ3v) is 2.48. The number of hydrogen-bond acceptors (Lipinski definition) is 4. The molecule has 0 saturated carbocycles. The Morgan fingerprint density at radius 3 is 2.62 bits per heavy atom. The summed E-state index contributed by atoms with van der Waals surface area (Å²) in [6, 6.07) is 2.76. The minimum absolute atomic E-state index is 0.0227. The van der Waals surface area contributed by atoms with Crippen LogP contribution in [0.3, 0.4) is 0 Å². The molecule has 0 N–H and O–H groups in total. The number of esters is 1. The number of rotatable bonds is 3. The van der Waals surface area contributed by atoms with Crippen molar-refractivity contribution in [1.82, 2.24) is 0 Å². The number of carbonyl (C=O) groups excluding carboxylic acids is 1. The second-order valence-electron chi connectivity index (χ2n) is 3.02. The lowest BCUT2D eigenvalue weighted by Gasteiger charge is -2.07. The Balaban J connectivity index is 3.48. The zero-order valence-electron chi connectivity index (χ0n) is 8.82. The van der Waals surface area contributed by atoms with E-state index in [1.165, 1.54) is 19.2 Å². The van der Waals surface area contributed by atoms with Crippen LogP contribution in [0.2, 0.25) is 5.02 Å². The molecule has 0 fully saturated rings. The minimum atomic E-state index is -0.600. The van der Waals surface area contributed by atoms with Crippen LogP contribution in [0, 0.1) is 10.1 Å². The van der Waals surface area contributed by atoms with Gasteiger partial charge in [-0.25, -0.2) is 4.79 Å². The zero-order valence-corrected chi connectivity index (χ0v) is 9.58. The average Bonchev–Trinajstić information content (AvgIpc) is 2.26. The molecule has 0 aromatic heterocycles. The molecule has 16 heavy (non-hydrogen) atoms. The van der Waals surface area contributed by atoms with Gasteiger partial charge in [0.1, 0.15) is 5.02 Å². The summed E-state index contributed by atoms with van der Waals surface area (Å²) in [6.45, 7) is 1.71. The summed E-state index contributed by atoms with van der Waals surface area (Å²) in [6.07, 6.45) is 0.335. The highest BCUT2D eigenvalue weighted by Gasteiger charge is 2.24. The van der Waals surface area contributed by atoms with Crippen LogP contribution in [0.4, 0.5) is 5.69 Å². The molecule has 0 aliphatic carbocycles. The number of halogens is 1. The summed E-state index contributed by atoms with van der Waals surface area (Å²) in [5.41, 5.74) is 0.248. The van der Waals surface area contributed by atoms with Gasteiger partial charge < -0.3 is 4.74 Å². The molecule has 0 spiro atoms. The molecule has 1 rings (SSSR count). The molecule has 0 unspecified atom stereocenters. The highest BCUT2D eigenvalue weighted by molar-refractivity contribution is 6.33.